The van der Waals surface area contributed by atoms with Gasteiger partial charge in [-0.15, -0.1) is 0 Å². The first-order valence-corrected chi connectivity index (χ1v) is 5.59. The lowest BCUT2D eigenvalue weighted by Crippen LogP contribution is -2.33. The fourth-order valence-corrected chi connectivity index (χ4v) is 2.95. The van der Waals surface area contributed by atoms with Gasteiger partial charge in [0.15, 0.2) is 0 Å². The van der Waals surface area contributed by atoms with Crippen LogP contribution in [-0.2, 0) is 4.79 Å². The zero-order valence-corrected chi connectivity index (χ0v) is 8.38. The molecule has 2 bridgehead atoms. The van der Waals surface area contributed by atoms with Gasteiger partial charge in [0, 0.05) is 12.5 Å². The van der Waals surface area contributed by atoms with E-state index >= 15 is 0 Å². The lowest BCUT2D eigenvalue weighted by molar-refractivity contribution is -0.126. The van der Waals surface area contributed by atoms with E-state index in [-0.39, 0.29) is 0 Å². The monoisotopic (exact) mass is 181 g/mol. The molecule has 2 heteroatoms. The minimum Gasteiger partial charge on any atom is -0.356 e. The topological polar surface area (TPSA) is 29.1 Å². The lowest BCUT2D eigenvalue weighted by atomic mass is 9.88. The van der Waals surface area contributed by atoms with Crippen molar-refractivity contribution in [2.24, 2.45) is 17.8 Å². The van der Waals surface area contributed by atoms with Crippen molar-refractivity contribution in [2.45, 2.75) is 39.0 Å². The Labute approximate surface area is 80.1 Å². The molecule has 0 aliphatic heterocycles. The van der Waals surface area contributed by atoms with Gasteiger partial charge >= 0.3 is 0 Å². The van der Waals surface area contributed by atoms with E-state index in [1.54, 1.807) is 0 Å². The third kappa shape index (κ3) is 1.72. The van der Waals surface area contributed by atoms with Crippen LogP contribution < -0.4 is 5.32 Å². The summed E-state index contributed by atoms with van der Waals surface area (Å²) in [6.45, 7) is 2.95. The third-order valence-corrected chi connectivity index (χ3v) is 3.62. The maximum Gasteiger partial charge on any atom is 0.223 e. The van der Waals surface area contributed by atoms with Gasteiger partial charge in [0.1, 0.15) is 0 Å². The van der Waals surface area contributed by atoms with Crippen LogP contribution >= 0.6 is 0 Å². The second-order valence-corrected chi connectivity index (χ2v) is 4.57. The Hall–Kier alpha value is -0.530. The molecule has 2 aliphatic carbocycles. The molecule has 0 aromatic carbocycles. The van der Waals surface area contributed by atoms with E-state index in [1.807, 2.05) is 0 Å². The smallest absolute Gasteiger partial charge is 0.223 e. The molecular formula is C11H19NO. The fourth-order valence-electron chi connectivity index (χ4n) is 2.95. The van der Waals surface area contributed by atoms with Crippen LogP contribution in [0.15, 0.2) is 0 Å². The Morgan fingerprint density at radius 3 is 2.77 bits per heavy atom. The highest BCUT2D eigenvalue weighted by Gasteiger charge is 2.42. The summed E-state index contributed by atoms with van der Waals surface area (Å²) in [6.07, 6.45) is 6.22. The molecule has 2 nitrogen and oxygen atoms in total. The highest BCUT2D eigenvalue weighted by Crippen LogP contribution is 2.48. The molecule has 0 spiro atoms. The predicted octanol–water partition coefficient (Wildman–Crippen LogP) is 1.95. The average Bonchev–Trinajstić information content (AvgIpc) is 2.74. The van der Waals surface area contributed by atoms with Gasteiger partial charge in [-0.1, -0.05) is 13.3 Å². The van der Waals surface area contributed by atoms with Gasteiger partial charge in [0.25, 0.3) is 0 Å². The van der Waals surface area contributed by atoms with Gasteiger partial charge in [-0.25, -0.2) is 0 Å². The van der Waals surface area contributed by atoms with Crippen LogP contribution in [0.1, 0.15) is 39.0 Å². The van der Waals surface area contributed by atoms with Gasteiger partial charge in [0.2, 0.25) is 5.91 Å². The highest BCUT2D eigenvalue weighted by atomic mass is 16.1. The Kier molecular flexibility index (Phi) is 2.56. The lowest BCUT2D eigenvalue weighted by Gasteiger charge is -2.20. The number of amides is 1. The van der Waals surface area contributed by atoms with Crippen LogP contribution in [0.25, 0.3) is 0 Å². The summed E-state index contributed by atoms with van der Waals surface area (Å²) in [5.41, 5.74) is 0. The molecule has 0 unspecified atom stereocenters. The molecule has 0 heterocycles. The average molecular weight is 181 g/mol. The van der Waals surface area contributed by atoms with Crippen molar-refractivity contribution in [3.63, 3.8) is 0 Å². The maximum atomic E-state index is 11.7. The second-order valence-electron chi connectivity index (χ2n) is 4.57. The molecule has 1 amide bonds. The molecule has 0 saturated heterocycles. The number of carbonyl (C=O) groups is 1. The quantitative estimate of drug-likeness (QED) is 0.708. The predicted molar refractivity (Wildman–Crippen MR) is 52.2 cm³/mol. The number of fused-ring (bicyclic) bond motifs is 2. The summed E-state index contributed by atoms with van der Waals surface area (Å²) in [4.78, 5) is 11.7. The second kappa shape index (κ2) is 3.69. The zero-order chi connectivity index (χ0) is 9.26. The van der Waals surface area contributed by atoms with Crippen LogP contribution in [0.2, 0.25) is 0 Å². The normalized spacial score (nSPS) is 36.5. The highest BCUT2D eigenvalue weighted by molar-refractivity contribution is 5.79. The standard InChI is InChI=1S/C11H19NO/c1-2-5-12-11(13)10-7-8-3-4-9(10)6-8/h8-10H,2-7H2,1H3,(H,12,13)/t8-,9-,10-/m0/s1. The third-order valence-electron chi connectivity index (χ3n) is 3.62. The molecule has 1 N–H and O–H groups in total. The summed E-state index contributed by atoms with van der Waals surface area (Å²) in [5.74, 6) is 2.29. The van der Waals surface area contributed by atoms with Crippen molar-refractivity contribution < 1.29 is 4.79 Å². The molecule has 74 valence electrons. The zero-order valence-electron chi connectivity index (χ0n) is 8.38. The van der Waals surface area contributed by atoms with Crippen molar-refractivity contribution >= 4 is 5.91 Å². The minimum absolute atomic E-state index is 0.328. The SMILES string of the molecule is CCCNC(=O)[C@H]1C[C@H]2CC[C@H]1C2. The fraction of sp³-hybridized carbons (Fsp3) is 0.909. The first-order chi connectivity index (χ1) is 6.31. The first kappa shape index (κ1) is 9.04. The minimum atomic E-state index is 0.328. The summed E-state index contributed by atoms with van der Waals surface area (Å²) in [7, 11) is 0. The van der Waals surface area contributed by atoms with E-state index in [4.69, 9.17) is 0 Å². The number of hydrogen-bond acceptors (Lipinski definition) is 1. The van der Waals surface area contributed by atoms with Crippen LogP contribution in [0.5, 0.6) is 0 Å². The van der Waals surface area contributed by atoms with Gasteiger partial charge in [-0.05, 0) is 37.5 Å². The molecule has 0 aromatic heterocycles. The van der Waals surface area contributed by atoms with Gasteiger partial charge in [-0.3, -0.25) is 4.79 Å². The largest absolute Gasteiger partial charge is 0.356 e. The Morgan fingerprint density at radius 1 is 1.38 bits per heavy atom. The van der Waals surface area contributed by atoms with E-state index in [1.165, 1.54) is 25.7 Å². The molecule has 2 rings (SSSR count). The van der Waals surface area contributed by atoms with Gasteiger partial charge < -0.3 is 5.32 Å². The first-order valence-electron chi connectivity index (χ1n) is 5.59. The van der Waals surface area contributed by atoms with E-state index in [0.717, 1.165) is 24.8 Å². The van der Waals surface area contributed by atoms with Gasteiger partial charge in [0.05, 0.1) is 0 Å². The van der Waals surface area contributed by atoms with Gasteiger partial charge in [-0.2, -0.15) is 0 Å². The van der Waals surface area contributed by atoms with E-state index in [9.17, 15) is 4.79 Å². The van der Waals surface area contributed by atoms with E-state index < -0.39 is 0 Å². The van der Waals surface area contributed by atoms with Crippen molar-refractivity contribution in [3.05, 3.63) is 0 Å². The number of hydrogen-bond donors (Lipinski definition) is 1. The molecule has 0 aromatic rings. The molecule has 2 aliphatic rings. The van der Waals surface area contributed by atoms with E-state index in [2.05, 4.69) is 12.2 Å². The van der Waals surface area contributed by atoms with Crippen molar-refractivity contribution in [3.8, 4) is 0 Å². The van der Waals surface area contributed by atoms with Crippen LogP contribution in [0.4, 0.5) is 0 Å². The maximum absolute atomic E-state index is 11.7. The van der Waals surface area contributed by atoms with Crippen LogP contribution in [-0.4, -0.2) is 12.5 Å². The number of rotatable bonds is 3. The Balaban J connectivity index is 1.84. The Morgan fingerprint density at radius 2 is 2.23 bits per heavy atom. The summed E-state index contributed by atoms with van der Waals surface area (Å²) < 4.78 is 0. The number of carbonyl (C=O) groups excluding carboxylic acids is 1. The summed E-state index contributed by atoms with van der Waals surface area (Å²) in [5, 5.41) is 3.02. The van der Waals surface area contributed by atoms with Crippen LogP contribution in [0, 0.1) is 17.8 Å². The molecule has 13 heavy (non-hydrogen) atoms. The van der Waals surface area contributed by atoms with Crippen molar-refractivity contribution in [1.82, 2.24) is 5.32 Å². The molecule has 0 radical (unpaired) electrons. The van der Waals surface area contributed by atoms with Crippen LogP contribution in [0.3, 0.4) is 0 Å². The molecule has 2 fully saturated rings. The molecule has 3 atom stereocenters. The van der Waals surface area contributed by atoms with Crippen molar-refractivity contribution in [2.75, 3.05) is 6.54 Å². The summed E-state index contributed by atoms with van der Waals surface area (Å²) >= 11 is 0. The number of nitrogens with one attached hydrogen (secondary N) is 1. The summed E-state index contributed by atoms with van der Waals surface area (Å²) in [6, 6.07) is 0. The Bertz CT molecular complexity index is 202. The van der Waals surface area contributed by atoms with Crippen molar-refractivity contribution in [1.29, 1.82) is 0 Å². The molecular weight excluding hydrogens is 162 g/mol. The molecule has 2 saturated carbocycles. The van der Waals surface area contributed by atoms with E-state index in [0.29, 0.717) is 11.8 Å².